The van der Waals surface area contributed by atoms with Gasteiger partial charge in [0, 0.05) is 12.1 Å². The van der Waals surface area contributed by atoms with Crippen molar-refractivity contribution < 1.29 is 18.0 Å². The number of benzene rings is 2. The van der Waals surface area contributed by atoms with Gasteiger partial charge < -0.3 is 0 Å². The smallest absolute Gasteiger partial charge is 0.272 e. The first-order chi connectivity index (χ1) is 15.4. The van der Waals surface area contributed by atoms with Crippen molar-refractivity contribution in [3.05, 3.63) is 71.9 Å². The van der Waals surface area contributed by atoms with E-state index in [0.29, 0.717) is 18.5 Å². The molecule has 1 saturated heterocycles. The van der Waals surface area contributed by atoms with Gasteiger partial charge >= 0.3 is 0 Å². The molecule has 2 heterocycles. The number of nitrogens with one attached hydrogen (secondary N) is 3. The third-order valence-electron chi connectivity index (χ3n) is 5.33. The average Bonchev–Trinajstić information content (AvgIpc) is 3.49. The second-order valence-corrected chi connectivity index (χ2v) is 9.45. The second-order valence-electron chi connectivity index (χ2n) is 7.56. The van der Waals surface area contributed by atoms with Gasteiger partial charge in [-0.1, -0.05) is 48.0 Å². The van der Waals surface area contributed by atoms with Crippen molar-refractivity contribution in [3.8, 4) is 11.3 Å². The second kappa shape index (κ2) is 8.93. The summed E-state index contributed by atoms with van der Waals surface area (Å²) >= 11 is 0. The van der Waals surface area contributed by atoms with Crippen LogP contribution in [0.3, 0.4) is 0 Å². The molecule has 1 atom stereocenters. The van der Waals surface area contributed by atoms with E-state index >= 15 is 0 Å². The molecule has 2 amide bonds. The van der Waals surface area contributed by atoms with E-state index in [1.165, 1.54) is 16.4 Å². The Bertz CT molecular complexity index is 1220. The number of hydrogen-bond acceptors (Lipinski definition) is 5. The van der Waals surface area contributed by atoms with E-state index in [1.807, 2.05) is 37.3 Å². The molecule has 0 unspecified atom stereocenters. The molecule has 9 nitrogen and oxygen atoms in total. The highest BCUT2D eigenvalue weighted by Crippen LogP contribution is 2.26. The average molecular weight is 454 g/mol. The van der Waals surface area contributed by atoms with Crippen molar-refractivity contribution in [2.45, 2.75) is 30.7 Å². The van der Waals surface area contributed by atoms with Crippen molar-refractivity contribution in [1.82, 2.24) is 25.4 Å². The minimum absolute atomic E-state index is 0.137. The summed E-state index contributed by atoms with van der Waals surface area (Å²) in [6, 6.07) is 16.5. The maximum absolute atomic E-state index is 13.0. The van der Waals surface area contributed by atoms with Crippen molar-refractivity contribution >= 4 is 21.8 Å². The number of hydrazine groups is 1. The normalized spacial score (nSPS) is 16.6. The Morgan fingerprint density at radius 3 is 2.50 bits per heavy atom. The molecule has 10 heteroatoms. The fourth-order valence-electron chi connectivity index (χ4n) is 3.60. The molecule has 166 valence electrons. The fraction of sp³-hybridized carbons (Fsp3) is 0.227. The molecular formula is C22H23N5O4S. The molecule has 3 aromatic rings. The Labute approximate surface area is 185 Å². The van der Waals surface area contributed by atoms with Gasteiger partial charge in [0.15, 0.2) is 0 Å². The molecule has 3 N–H and O–H groups in total. The minimum Gasteiger partial charge on any atom is -0.272 e. The van der Waals surface area contributed by atoms with E-state index in [9.17, 15) is 18.0 Å². The van der Waals surface area contributed by atoms with Crippen LogP contribution in [0.2, 0.25) is 0 Å². The lowest BCUT2D eigenvalue weighted by atomic mass is 10.1. The Morgan fingerprint density at radius 2 is 1.78 bits per heavy atom. The van der Waals surface area contributed by atoms with Crippen molar-refractivity contribution in [3.63, 3.8) is 0 Å². The van der Waals surface area contributed by atoms with Gasteiger partial charge in [-0.15, -0.1) is 0 Å². The van der Waals surface area contributed by atoms with Crippen molar-refractivity contribution in [1.29, 1.82) is 0 Å². The van der Waals surface area contributed by atoms with E-state index in [2.05, 4.69) is 21.0 Å². The van der Waals surface area contributed by atoms with Crippen LogP contribution in [0.15, 0.2) is 65.6 Å². The first-order valence-corrected chi connectivity index (χ1v) is 11.6. The molecule has 0 saturated carbocycles. The van der Waals surface area contributed by atoms with Gasteiger partial charge in [-0.2, -0.15) is 9.40 Å². The molecule has 0 spiro atoms. The van der Waals surface area contributed by atoms with Crippen LogP contribution < -0.4 is 10.9 Å². The molecule has 32 heavy (non-hydrogen) atoms. The van der Waals surface area contributed by atoms with E-state index in [4.69, 9.17) is 0 Å². The highest BCUT2D eigenvalue weighted by Gasteiger charge is 2.39. The van der Waals surface area contributed by atoms with E-state index in [0.717, 1.165) is 11.1 Å². The van der Waals surface area contributed by atoms with E-state index < -0.39 is 27.9 Å². The molecule has 0 aliphatic carbocycles. The van der Waals surface area contributed by atoms with Crippen LogP contribution in [0, 0.1) is 6.92 Å². The first-order valence-electron chi connectivity index (χ1n) is 10.2. The SMILES string of the molecule is Cc1ccc(S(=O)(=O)N2CCC[C@H]2C(=O)NNC(=O)c2cc(-c3ccccc3)n[nH]2)cc1. The van der Waals surface area contributed by atoms with Crippen LogP contribution in [0.5, 0.6) is 0 Å². The van der Waals surface area contributed by atoms with Crippen LogP contribution in [-0.2, 0) is 14.8 Å². The molecule has 2 aromatic carbocycles. The predicted octanol–water partition coefficient (Wildman–Crippen LogP) is 2.00. The number of H-pyrrole nitrogens is 1. The lowest BCUT2D eigenvalue weighted by molar-refractivity contribution is -0.125. The zero-order valence-corrected chi connectivity index (χ0v) is 18.2. The summed E-state index contributed by atoms with van der Waals surface area (Å²) in [7, 11) is -3.82. The van der Waals surface area contributed by atoms with E-state index in [1.54, 1.807) is 18.2 Å². The third-order valence-corrected chi connectivity index (χ3v) is 7.25. The molecule has 1 aromatic heterocycles. The molecule has 4 rings (SSSR count). The number of amides is 2. The molecule has 1 aliphatic heterocycles. The summed E-state index contributed by atoms with van der Waals surface area (Å²) in [6.45, 7) is 2.11. The summed E-state index contributed by atoms with van der Waals surface area (Å²) in [5, 5.41) is 6.75. The van der Waals surface area contributed by atoms with E-state index in [-0.39, 0.29) is 17.1 Å². The zero-order valence-electron chi connectivity index (χ0n) is 17.4. The number of rotatable bonds is 5. The standard InChI is InChI=1S/C22H23N5O4S/c1-15-9-11-17(12-10-15)32(30,31)27-13-5-8-20(27)22(29)26-25-21(28)19-14-18(23-24-19)16-6-3-2-4-7-16/h2-4,6-7,9-12,14,20H,5,8,13H2,1H3,(H,23,24)(H,25,28)(H,26,29)/t20-/m0/s1. The Kier molecular flexibility index (Phi) is 6.06. The molecule has 0 radical (unpaired) electrons. The first kappa shape index (κ1) is 21.7. The number of carbonyl (C=O) groups is 2. The summed E-state index contributed by atoms with van der Waals surface area (Å²) < 4.78 is 27.2. The number of nitrogens with zero attached hydrogens (tertiary/aromatic N) is 2. The van der Waals surface area contributed by atoms with Gasteiger partial charge in [0.2, 0.25) is 10.0 Å². The number of aryl methyl sites for hydroxylation is 1. The number of hydrogen-bond donors (Lipinski definition) is 3. The van der Waals surface area contributed by atoms with Gasteiger partial charge in [-0.3, -0.25) is 25.5 Å². The minimum atomic E-state index is -3.82. The van der Waals surface area contributed by atoms with Crippen LogP contribution in [0.25, 0.3) is 11.3 Å². The summed E-state index contributed by atoms with van der Waals surface area (Å²) in [5.74, 6) is -1.17. The lowest BCUT2D eigenvalue weighted by Crippen LogP contribution is -2.51. The van der Waals surface area contributed by atoms with Gasteiger partial charge in [-0.25, -0.2) is 8.42 Å². The van der Waals surface area contributed by atoms with Crippen LogP contribution >= 0.6 is 0 Å². The quantitative estimate of drug-likeness (QED) is 0.510. The summed E-state index contributed by atoms with van der Waals surface area (Å²) in [5.41, 5.74) is 7.21. The zero-order chi connectivity index (χ0) is 22.7. The Hall–Kier alpha value is -3.50. The highest BCUT2D eigenvalue weighted by atomic mass is 32.2. The van der Waals surface area contributed by atoms with Crippen molar-refractivity contribution in [2.24, 2.45) is 0 Å². The maximum Gasteiger partial charge on any atom is 0.287 e. The van der Waals surface area contributed by atoms with Crippen molar-refractivity contribution in [2.75, 3.05) is 6.54 Å². The Morgan fingerprint density at radius 1 is 1.06 bits per heavy atom. The predicted molar refractivity (Wildman–Crippen MR) is 118 cm³/mol. The fourth-order valence-corrected chi connectivity index (χ4v) is 5.26. The topological polar surface area (TPSA) is 124 Å². The maximum atomic E-state index is 13.0. The number of aromatic nitrogens is 2. The largest absolute Gasteiger partial charge is 0.287 e. The van der Waals surface area contributed by atoms with Gasteiger partial charge in [-0.05, 0) is 38.0 Å². The van der Waals surface area contributed by atoms with Gasteiger partial charge in [0.1, 0.15) is 11.7 Å². The highest BCUT2D eigenvalue weighted by molar-refractivity contribution is 7.89. The number of carbonyl (C=O) groups excluding carboxylic acids is 2. The summed E-state index contributed by atoms with van der Waals surface area (Å²) in [4.78, 5) is 25.2. The lowest BCUT2D eigenvalue weighted by Gasteiger charge is -2.23. The monoisotopic (exact) mass is 453 g/mol. The summed E-state index contributed by atoms with van der Waals surface area (Å²) in [6.07, 6.45) is 0.924. The Balaban J connectivity index is 1.41. The molecule has 1 aliphatic rings. The number of aromatic amines is 1. The van der Waals surface area contributed by atoms with Crippen LogP contribution in [0.1, 0.15) is 28.9 Å². The molecule has 1 fully saturated rings. The van der Waals surface area contributed by atoms with Crippen LogP contribution in [-0.4, -0.2) is 47.3 Å². The molecule has 0 bridgehead atoms. The van der Waals surface area contributed by atoms with Gasteiger partial charge in [0.25, 0.3) is 11.8 Å². The third kappa shape index (κ3) is 4.41. The number of sulfonamides is 1. The van der Waals surface area contributed by atoms with Gasteiger partial charge in [0.05, 0.1) is 10.6 Å². The van der Waals surface area contributed by atoms with Crippen LogP contribution in [0.4, 0.5) is 0 Å². The molecular weight excluding hydrogens is 430 g/mol.